The topological polar surface area (TPSA) is 71.4 Å². The third kappa shape index (κ3) is 8.18. The molecule has 2 aromatic rings. The maximum Gasteiger partial charge on any atom is 0.165 e. The van der Waals surface area contributed by atoms with Gasteiger partial charge in [0.25, 0.3) is 0 Å². The summed E-state index contributed by atoms with van der Waals surface area (Å²) < 4.78 is 0. The molecule has 0 amide bonds. The number of carbonyl (C=O) groups excluding carboxylic acids is 3. The van der Waals surface area contributed by atoms with Gasteiger partial charge in [0.2, 0.25) is 0 Å². The van der Waals surface area contributed by atoms with Gasteiger partial charge in [-0.25, -0.2) is 0 Å². The van der Waals surface area contributed by atoms with Gasteiger partial charge in [0, 0.05) is 11.8 Å². The lowest BCUT2D eigenvalue weighted by molar-refractivity contribution is -0.122. The van der Waals surface area contributed by atoms with Gasteiger partial charge in [0.1, 0.15) is 19.2 Å². The zero-order valence-electron chi connectivity index (χ0n) is 15.0. The monoisotopic (exact) mass is 342 g/mol. The number of rotatable bonds is 5. The predicted octanol–water partition coefficient (Wildman–Crippen LogP) is 3.55. The van der Waals surface area contributed by atoms with Crippen LogP contribution in [-0.2, 0) is 14.4 Å². The van der Waals surface area contributed by atoms with Gasteiger partial charge in [-0.1, -0.05) is 74.5 Å². The number of aliphatic hydroxyl groups is 1. The quantitative estimate of drug-likeness (QED) is 0.902. The maximum absolute atomic E-state index is 11.1. The fourth-order valence-electron chi connectivity index (χ4n) is 2.04. The van der Waals surface area contributed by atoms with Crippen molar-refractivity contribution < 1.29 is 19.5 Å². The van der Waals surface area contributed by atoms with Crippen LogP contribution >= 0.6 is 0 Å². The van der Waals surface area contributed by atoms with E-state index in [1.54, 1.807) is 13.8 Å². The lowest BCUT2D eigenvalue weighted by Crippen LogP contribution is -2.12. The van der Waals surface area contributed by atoms with Crippen LogP contribution in [0.5, 0.6) is 0 Å². The first-order valence-electron chi connectivity index (χ1n) is 8.00. The number of aliphatic hydroxyl groups excluding tert-OH is 1. The van der Waals surface area contributed by atoms with Crippen LogP contribution in [0.2, 0.25) is 0 Å². The third-order valence-electron chi connectivity index (χ3n) is 3.85. The zero-order chi connectivity index (χ0) is 19.2. The highest BCUT2D eigenvalue weighted by molar-refractivity contribution is 5.86. The predicted molar refractivity (Wildman–Crippen MR) is 99.6 cm³/mol. The summed E-state index contributed by atoms with van der Waals surface area (Å²) >= 11 is 0. The molecule has 2 rings (SSSR count). The molecule has 0 aromatic heterocycles. The second-order valence-electron chi connectivity index (χ2n) is 5.50. The van der Waals surface area contributed by atoms with Crippen molar-refractivity contribution in [1.29, 1.82) is 0 Å². The van der Waals surface area contributed by atoms with Gasteiger partial charge >= 0.3 is 0 Å². The lowest BCUT2D eigenvalue weighted by atomic mass is 9.97. The highest BCUT2D eigenvalue weighted by atomic mass is 16.3. The molecule has 134 valence electrons. The van der Waals surface area contributed by atoms with Crippen molar-refractivity contribution in [2.45, 2.75) is 32.6 Å². The molecule has 2 unspecified atom stereocenters. The van der Waals surface area contributed by atoms with E-state index in [2.05, 4.69) is 0 Å². The van der Waals surface area contributed by atoms with E-state index in [4.69, 9.17) is 9.90 Å². The van der Waals surface area contributed by atoms with Crippen molar-refractivity contribution in [2.75, 3.05) is 6.61 Å². The van der Waals surface area contributed by atoms with E-state index in [-0.39, 0.29) is 30.0 Å². The molecule has 4 nitrogen and oxygen atoms in total. The van der Waals surface area contributed by atoms with Crippen LogP contribution in [-0.4, -0.2) is 30.1 Å². The second-order valence-corrected chi connectivity index (χ2v) is 5.50. The Bertz CT molecular complexity index is 623. The number of carbonyl (C=O) groups is 3. The van der Waals surface area contributed by atoms with Crippen molar-refractivity contribution in [3.63, 3.8) is 0 Å². The average molecular weight is 342 g/mol. The molecule has 2 aromatic carbocycles. The van der Waals surface area contributed by atoms with Gasteiger partial charge in [-0.3, -0.25) is 9.59 Å². The number of benzene rings is 2. The van der Waals surface area contributed by atoms with Crippen LogP contribution in [0.15, 0.2) is 60.7 Å². The van der Waals surface area contributed by atoms with E-state index in [1.165, 1.54) is 0 Å². The summed E-state index contributed by atoms with van der Waals surface area (Å²) in [5.41, 5.74) is 2.05. The average Bonchev–Trinajstić information content (AvgIpc) is 2.69. The van der Waals surface area contributed by atoms with Crippen LogP contribution in [0, 0.1) is 0 Å². The molecule has 0 saturated heterocycles. The number of hydrogen-bond acceptors (Lipinski definition) is 4. The van der Waals surface area contributed by atoms with E-state index in [0.717, 1.165) is 11.1 Å². The van der Waals surface area contributed by atoms with Gasteiger partial charge in [0.15, 0.2) is 5.78 Å². The van der Waals surface area contributed by atoms with Gasteiger partial charge in [-0.05, 0) is 18.1 Å². The van der Waals surface area contributed by atoms with Crippen LogP contribution in [0.1, 0.15) is 43.7 Å². The minimum absolute atomic E-state index is 0.0381. The third-order valence-corrected chi connectivity index (χ3v) is 3.85. The van der Waals surface area contributed by atoms with E-state index in [9.17, 15) is 9.59 Å². The fraction of sp³-hybridized carbons (Fsp3) is 0.286. The molecule has 0 aliphatic heterocycles. The SMILES string of the molecule is C=O.CC(=O)C(C)c1ccccc1.CC(C(=O)CO)c1ccccc1. The van der Waals surface area contributed by atoms with Crippen LogP contribution in [0.4, 0.5) is 0 Å². The summed E-state index contributed by atoms with van der Waals surface area (Å²) in [6.07, 6.45) is 0. The minimum Gasteiger partial charge on any atom is -0.389 e. The van der Waals surface area contributed by atoms with E-state index in [1.807, 2.05) is 74.4 Å². The van der Waals surface area contributed by atoms with E-state index in [0.29, 0.717) is 0 Å². The molecule has 25 heavy (non-hydrogen) atoms. The largest absolute Gasteiger partial charge is 0.389 e. The van der Waals surface area contributed by atoms with Crippen LogP contribution in [0.25, 0.3) is 0 Å². The van der Waals surface area contributed by atoms with Crippen LogP contribution in [0.3, 0.4) is 0 Å². The van der Waals surface area contributed by atoms with Gasteiger partial charge in [-0.2, -0.15) is 0 Å². The lowest BCUT2D eigenvalue weighted by Gasteiger charge is -2.07. The first-order valence-corrected chi connectivity index (χ1v) is 8.00. The number of hydrogen-bond donors (Lipinski definition) is 1. The molecule has 0 radical (unpaired) electrons. The summed E-state index contributed by atoms with van der Waals surface area (Å²) in [5, 5.41) is 8.62. The summed E-state index contributed by atoms with van der Waals surface area (Å²) in [4.78, 5) is 30.0. The molecule has 0 bridgehead atoms. The molecule has 2 atom stereocenters. The molecule has 0 spiro atoms. The molecule has 1 N–H and O–H groups in total. The normalized spacial score (nSPS) is 11.7. The van der Waals surface area contributed by atoms with Gasteiger partial charge < -0.3 is 9.90 Å². The Kier molecular flexibility index (Phi) is 11.5. The Morgan fingerprint density at radius 1 is 0.840 bits per heavy atom. The molecule has 0 aliphatic rings. The molecule has 0 aliphatic carbocycles. The summed E-state index contributed by atoms with van der Waals surface area (Å²) in [6, 6.07) is 19.3. The van der Waals surface area contributed by atoms with E-state index < -0.39 is 0 Å². The van der Waals surface area contributed by atoms with Gasteiger partial charge in [0.05, 0.1) is 0 Å². The number of ketones is 2. The van der Waals surface area contributed by atoms with Crippen molar-refractivity contribution in [3.8, 4) is 0 Å². The molecule has 0 saturated carbocycles. The van der Waals surface area contributed by atoms with Crippen molar-refractivity contribution >= 4 is 18.4 Å². The molecular weight excluding hydrogens is 316 g/mol. The Morgan fingerprint density at radius 2 is 1.20 bits per heavy atom. The zero-order valence-corrected chi connectivity index (χ0v) is 15.0. The summed E-state index contributed by atoms with van der Waals surface area (Å²) in [7, 11) is 0. The molecule has 4 heteroatoms. The Labute approximate surface area is 149 Å². The first kappa shape index (κ1) is 22.4. The maximum atomic E-state index is 11.1. The fourth-order valence-corrected chi connectivity index (χ4v) is 2.04. The molecule has 0 heterocycles. The smallest absolute Gasteiger partial charge is 0.165 e. The summed E-state index contributed by atoms with van der Waals surface area (Å²) in [6.45, 7) is 6.97. The Balaban J connectivity index is 0.000000421. The van der Waals surface area contributed by atoms with Gasteiger partial charge in [-0.15, -0.1) is 0 Å². The highest BCUT2D eigenvalue weighted by Crippen LogP contribution is 2.15. The Hall–Kier alpha value is -2.59. The Morgan fingerprint density at radius 3 is 1.52 bits per heavy atom. The van der Waals surface area contributed by atoms with E-state index >= 15 is 0 Å². The minimum atomic E-state index is -0.379. The van der Waals surface area contributed by atoms with Crippen molar-refractivity contribution in [3.05, 3.63) is 71.8 Å². The number of Topliss-reactive ketones (excluding diaryl/α,β-unsaturated/α-hetero) is 2. The molecule has 0 fully saturated rings. The van der Waals surface area contributed by atoms with Crippen molar-refractivity contribution in [2.24, 2.45) is 0 Å². The second kappa shape index (κ2) is 12.8. The first-order chi connectivity index (χ1) is 12.0. The van der Waals surface area contributed by atoms with Crippen LogP contribution < -0.4 is 0 Å². The van der Waals surface area contributed by atoms with Crippen molar-refractivity contribution in [1.82, 2.24) is 0 Å². The highest BCUT2D eigenvalue weighted by Gasteiger charge is 2.12. The molecular formula is C21H26O4. The standard InChI is InChI=1S/C10H12O2.C10H12O.CH2O/c1-8(10(12)7-11)9-5-3-2-4-6-9;1-8(9(2)11)10-6-4-3-5-7-10;1-2/h2-6,8,11H,7H2,1H3;3-8H,1-2H3;1H2. The summed E-state index contributed by atoms with van der Waals surface area (Å²) in [5.74, 6) is -0.0789.